The molecule has 10 heavy (non-hydrogen) atoms. The van der Waals surface area contributed by atoms with E-state index in [1.54, 1.807) is 6.26 Å². The molecule has 0 aromatic carbocycles. The van der Waals surface area contributed by atoms with Crippen LogP contribution in [0.3, 0.4) is 0 Å². The highest BCUT2D eigenvalue weighted by Crippen LogP contribution is 2.00. The van der Waals surface area contributed by atoms with Crippen LogP contribution < -0.4 is 12.4 Å². The third-order valence-electron chi connectivity index (χ3n) is 1.05. The van der Waals surface area contributed by atoms with Gasteiger partial charge in [-0.3, -0.25) is 0 Å². The van der Waals surface area contributed by atoms with E-state index >= 15 is 0 Å². The smallest absolute Gasteiger partial charge is 0.117 e. The van der Waals surface area contributed by atoms with Gasteiger partial charge in [-0.1, -0.05) is 0 Å². The molecule has 0 spiro atoms. The van der Waals surface area contributed by atoms with Crippen molar-refractivity contribution in [3.05, 3.63) is 24.2 Å². The molecular weight excluding hydrogens is 150 g/mol. The lowest BCUT2D eigenvalue weighted by Gasteiger charge is -2.04. The SMILES string of the molecule is CN(C)Cc1ccco1.[Cl-]. The number of hydrogen-bond acceptors (Lipinski definition) is 2. The largest absolute Gasteiger partial charge is 1.00 e. The molecule has 0 radical (unpaired) electrons. The van der Waals surface area contributed by atoms with E-state index < -0.39 is 0 Å². The van der Waals surface area contributed by atoms with Crippen LogP contribution in [0, 0.1) is 0 Å². The maximum Gasteiger partial charge on any atom is 0.117 e. The molecule has 1 aromatic rings. The van der Waals surface area contributed by atoms with Crippen molar-refractivity contribution in [1.29, 1.82) is 0 Å². The molecule has 1 heterocycles. The predicted octanol–water partition coefficient (Wildman–Crippen LogP) is -1.65. The van der Waals surface area contributed by atoms with Crippen molar-refractivity contribution >= 4 is 0 Å². The number of rotatable bonds is 2. The Labute approximate surface area is 67.2 Å². The fourth-order valence-electron chi connectivity index (χ4n) is 0.714. The molecule has 0 aliphatic carbocycles. The maximum absolute atomic E-state index is 5.10. The number of nitrogens with zero attached hydrogens (tertiary/aromatic N) is 1. The summed E-state index contributed by atoms with van der Waals surface area (Å²) in [5.74, 6) is 1.01. The molecule has 0 saturated carbocycles. The topological polar surface area (TPSA) is 16.4 Å². The van der Waals surface area contributed by atoms with Crippen LogP contribution in [0.5, 0.6) is 0 Å². The standard InChI is InChI=1S/C7H11NO.ClH/c1-8(2)6-7-4-3-5-9-7;/h3-5H,6H2,1-2H3;1H/p-1. The number of halogens is 1. The summed E-state index contributed by atoms with van der Waals surface area (Å²) in [4.78, 5) is 2.07. The second-order valence-electron chi connectivity index (χ2n) is 2.32. The number of furan rings is 1. The lowest BCUT2D eigenvalue weighted by Crippen LogP contribution is -3.00. The third-order valence-corrected chi connectivity index (χ3v) is 1.05. The second-order valence-corrected chi connectivity index (χ2v) is 2.32. The Morgan fingerprint density at radius 3 is 2.60 bits per heavy atom. The summed E-state index contributed by atoms with van der Waals surface area (Å²) < 4.78 is 5.10. The summed E-state index contributed by atoms with van der Waals surface area (Å²) in [5.41, 5.74) is 0. The van der Waals surface area contributed by atoms with Gasteiger partial charge in [-0.15, -0.1) is 0 Å². The highest BCUT2D eigenvalue weighted by atomic mass is 35.5. The van der Waals surface area contributed by atoms with Crippen LogP contribution in [0.4, 0.5) is 0 Å². The first-order valence-corrected chi connectivity index (χ1v) is 2.96. The summed E-state index contributed by atoms with van der Waals surface area (Å²) in [6.45, 7) is 0.882. The molecule has 2 nitrogen and oxygen atoms in total. The summed E-state index contributed by atoms with van der Waals surface area (Å²) in [7, 11) is 4.03. The van der Waals surface area contributed by atoms with Gasteiger partial charge < -0.3 is 21.7 Å². The van der Waals surface area contributed by atoms with Gasteiger partial charge in [0.05, 0.1) is 12.8 Å². The molecule has 58 valence electrons. The van der Waals surface area contributed by atoms with Crippen molar-refractivity contribution in [1.82, 2.24) is 4.90 Å². The van der Waals surface area contributed by atoms with Gasteiger partial charge in [-0.05, 0) is 26.2 Å². The Kier molecular flexibility index (Phi) is 4.16. The average molecular weight is 161 g/mol. The van der Waals surface area contributed by atoms with Gasteiger partial charge in [0.1, 0.15) is 5.76 Å². The molecule has 0 bridgehead atoms. The summed E-state index contributed by atoms with van der Waals surface area (Å²) >= 11 is 0. The zero-order valence-corrected chi connectivity index (χ0v) is 6.93. The monoisotopic (exact) mass is 160 g/mol. The first kappa shape index (κ1) is 9.53. The molecule has 0 N–H and O–H groups in total. The van der Waals surface area contributed by atoms with Crippen LogP contribution in [0.15, 0.2) is 22.8 Å². The molecular formula is C7H11ClNO-. The first-order chi connectivity index (χ1) is 4.29. The van der Waals surface area contributed by atoms with E-state index in [0.717, 1.165) is 12.3 Å². The van der Waals surface area contributed by atoms with Crippen molar-refractivity contribution in [2.24, 2.45) is 0 Å². The molecule has 0 saturated heterocycles. The Morgan fingerprint density at radius 2 is 2.20 bits per heavy atom. The minimum absolute atomic E-state index is 0. The molecule has 0 atom stereocenters. The van der Waals surface area contributed by atoms with Crippen LogP contribution in [0.1, 0.15) is 5.76 Å². The highest BCUT2D eigenvalue weighted by Gasteiger charge is 1.94. The van der Waals surface area contributed by atoms with Crippen molar-refractivity contribution in [2.75, 3.05) is 14.1 Å². The zero-order chi connectivity index (χ0) is 6.69. The van der Waals surface area contributed by atoms with Crippen molar-refractivity contribution in [3.63, 3.8) is 0 Å². The third kappa shape index (κ3) is 2.90. The van der Waals surface area contributed by atoms with Gasteiger partial charge in [0.2, 0.25) is 0 Å². The number of hydrogen-bond donors (Lipinski definition) is 0. The molecule has 0 aliphatic rings. The van der Waals surface area contributed by atoms with Crippen LogP contribution in [0.2, 0.25) is 0 Å². The van der Waals surface area contributed by atoms with Gasteiger partial charge in [0.25, 0.3) is 0 Å². The molecule has 3 heteroatoms. The van der Waals surface area contributed by atoms with E-state index in [1.165, 1.54) is 0 Å². The Hall–Kier alpha value is -0.470. The Bertz CT molecular complexity index is 160. The van der Waals surface area contributed by atoms with Crippen LogP contribution in [0.25, 0.3) is 0 Å². The average Bonchev–Trinajstić information content (AvgIpc) is 2.15. The van der Waals surface area contributed by atoms with Crippen molar-refractivity contribution in [3.8, 4) is 0 Å². The quantitative estimate of drug-likeness (QED) is 0.516. The normalized spacial score (nSPS) is 9.50. The van der Waals surface area contributed by atoms with Crippen molar-refractivity contribution < 1.29 is 16.8 Å². The van der Waals surface area contributed by atoms with Gasteiger partial charge >= 0.3 is 0 Å². The molecule has 0 aliphatic heterocycles. The molecule has 1 rings (SSSR count). The second kappa shape index (κ2) is 4.36. The van der Waals surface area contributed by atoms with Crippen LogP contribution >= 0.6 is 0 Å². The van der Waals surface area contributed by atoms with Gasteiger partial charge in [-0.25, -0.2) is 0 Å². The summed E-state index contributed by atoms with van der Waals surface area (Å²) in [6.07, 6.45) is 1.69. The zero-order valence-electron chi connectivity index (χ0n) is 6.17. The van der Waals surface area contributed by atoms with E-state index in [9.17, 15) is 0 Å². The van der Waals surface area contributed by atoms with E-state index in [2.05, 4.69) is 4.90 Å². The molecule has 0 amide bonds. The van der Waals surface area contributed by atoms with Gasteiger partial charge in [-0.2, -0.15) is 0 Å². The Balaban J connectivity index is 0.000000810. The van der Waals surface area contributed by atoms with E-state index in [0.29, 0.717) is 0 Å². The highest BCUT2D eigenvalue weighted by molar-refractivity contribution is 4.97. The fraction of sp³-hybridized carbons (Fsp3) is 0.429. The molecule has 1 aromatic heterocycles. The predicted molar refractivity (Wildman–Crippen MR) is 36.1 cm³/mol. The fourth-order valence-corrected chi connectivity index (χ4v) is 0.714. The first-order valence-electron chi connectivity index (χ1n) is 2.96. The lowest BCUT2D eigenvalue weighted by atomic mass is 10.4. The van der Waals surface area contributed by atoms with Gasteiger partial charge in [0, 0.05) is 0 Å². The minimum atomic E-state index is 0. The minimum Gasteiger partial charge on any atom is -1.00 e. The lowest BCUT2D eigenvalue weighted by molar-refractivity contribution is -0.00000264. The summed E-state index contributed by atoms with van der Waals surface area (Å²) in [5, 5.41) is 0. The van der Waals surface area contributed by atoms with Crippen LogP contribution in [-0.4, -0.2) is 19.0 Å². The van der Waals surface area contributed by atoms with E-state index in [4.69, 9.17) is 4.42 Å². The summed E-state index contributed by atoms with van der Waals surface area (Å²) in [6, 6.07) is 3.87. The van der Waals surface area contributed by atoms with Gasteiger partial charge in [0.15, 0.2) is 0 Å². The van der Waals surface area contributed by atoms with Crippen LogP contribution in [-0.2, 0) is 6.54 Å². The van der Waals surface area contributed by atoms with E-state index in [-0.39, 0.29) is 12.4 Å². The maximum atomic E-state index is 5.10. The Morgan fingerprint density at radius 1 is 1.50 bits per heavy atom. The molecule has 0 fully saturated rings. The van der Waals surface area contributed by atoms with E-state index in [1.807, 2.05) is 26.2 Å². The molecule has 0 unspecified atom stereocenters. The van der Waals surface area contributed by atoms with Crippen molar-refractivity contribution in [2.45, 2.75) is 6.54 Å².